The Morgan fingerprint density at radius 1 is 1.00 bits per heavy atom. The summed E-state index contributed by atoms with van der Waals surface area (Å²) in [5, 5.41) is 9.57. The molecule has 1 fully saturated rings. The Hall–Kier alpha value is -2.64. The number of aromatic nitrogens is 3. The van der Waals surface area contributed by atoms with Gasteiger partial charge < -0.3 is 9.47 Å². The van der Waals surface area contributed by atoms with E-state index >= 15 is 0 Å². The van der Waals surface area contributed by atoms with Crippen molar-refractivity contribution in [2.45, 2.75) is 32.1 Å². The molecule has 31 heavy (non-hydrogen) atoms. The van der Waals surface area contributed by atoms with Gasteiger partial charge in [0.2, 0.25) is 5.91 Å². The van der Waals surface area contributed by atoms with Crippen LogP contribution in [0.4, 0.5) is 0 Å². The normalized spacial score (nSPS) is 14.7. The molecule has 2 aromatic carbocycles. The van der Waals surface area contributed by atoms with E-state index in [1.54, 1.807) is 0 Å². The van der Waals surface area contributed by atoms with Crippen molar-refractivity contribution in [3.63, 3.8) is 0 Å². The first kappa shape index (κ1) is 21.6. The molecule has 0 aliphatic carbocycles. The van der Waals surface area contributed by atoms with Gasteiger partial charge in [-0.25, -0.2) is 0 Å². The van der Waals surface area contributed by atoms with Crippen LogP contribution in [0.3, 0.4) is 0 Å². The van der Waals surface area contributed by atoms with Gasteiger partial charge in [-0.05, 0) is 25.5 Å². The van der Waals surface area contributed by atoms with Gasteiger partial charge in [0.1, 0.15) is 0 Å². The second kappa shape index (κ2) is 10.1. The lowest BCUT2D eigenvalue weighted by atomic mass is 10.1. The maximum atomic E-state index is 12.8. The minimum atomic E-state index is 0.173. The third-order valence-electron chi connectivity index (χ3n) is 5.61. The van der Waals surface area contributed by atoms with Crippen molar-refractivity contribution in [1.29, 1.82) is 0 Å². The number of amides is 1. The van der Waals surface area contributed by atoms with Crippen LogP contribution < -0.4 is 0 Å². The summed E-state index contributed by atoms with van der Waals surface area (Å²) < 4.78 is 2.09. The number of hydrogen-bond acceptors (Lipinski definition) is 5. The minimum absolute atomic E-state index is 0.173. The molecule has 0 spiro atoms. The Kier molecular flexibility index (Phi) is 7.04. The van der Waals surface area contributed by atoms with Gasteiger partial charge in [-0.15, -0.1) is 10.2 Å². The lowest BCUT2D eigenvalue weighted by Crippen LogP contribution is -2.48. The Balaban J connectivity index is 1.31. The molecule has 0 N–H and O–H groups in total. The van der Waals surface area contributed by atoms with Crippen LogP contribution in [0.1, 0.15) is 18.1 Å². The fraction of sp³-hybridized carbons (Fsp3) is 0.375. The first-order valence-electron chi connectivity index (χ1n) is 10.8. The molecule has 162 valence electrons. The fourth-order valence-corrected chi connectivity index (χ4v) is 4.80. The van der Waals surface area contributed by atoms with E-state index in [4.69, 9.17) is 0 Å². The van der Waals surface area contributed by atoms with Crippen LogP contribution in [0.2, 0.25) is 0 Å². The molecule has 0 saturated carbocycles. The Bertz CT molecular complexity index is 1010. The minimum Gasteiger partial charge on any atom is -0.339 e. The molecule has 0 unspecified atom stereocenters. The summed E-state index contributed by atoms with van der Waals surface area (Å²) in [6.45, 7) is 9.25. The predicted octanol–water partition coefficient (Wildman–Crippen LogP) is 3.71. The number of carbonyl (C=O) groups is 1. The summed E-state index contributed by atoms with van der Waals surface area (Å²) in [5.74, 6) is 1.42. The second-order valence-electron chi connectivity index (χ2n) is 7.85. The van der Waals surface area contributed by atoms with E-state index in [-0.39, 0.29) is 5.91 Å². The van der Waals surface area contributed by atoms with Gasteiger partial charge in [0.05, 0.1) is 5.75 Å². The number of rotatable bonds is 7. The first-order valence-corrected chi connectivity index (χ1v) is 11.8. The summed E-state index contributed by atoms with van der Waals surface area (Å²) in [6.07, 6.45) is 0. The van der Waals surface area contributed by atoms with Crippen molar-refractivity contribution in [2.24, 2.45) is 0 Å². The molecule has 0 radical (unpaired) electrons. The third-order valence-corrected chi connectivity index (χ3v) is 6.56. The molecular formula is C24H29N5OS. The highest BCUT2D eigenvalue weighted by molar-refractivity contribution is 7.99. The van der Waals surface area contributed by atoms with Crippen molar-refractivity contribution in [2.75, 3.05) is 31.9 Å². The zero-order chi connectivity index (χ0) is 21.6. The molecular weight excluding hydrogens is 406 g/mol. The number of nitrogens with zero attached hydrogens (tertiary/aromatic N) is 5. The molecule has 1 aromatic heterocycles. The summed E-state index contributed by atoms with van der Waals surface area (Å²) in [6, 6.07) is 18.8. The van der Waals surface area contributed by atoms with Gasteiger partial charge in [0.25, 0.3) is 0 Å². The molecule has 1 amide bonds. The van der Waals surface area contributed by atoms with E-state index in [2.05, 4.69) is 76.0 Å². The Morgan fingerprint density at radius 2 is 1.77 bits per heavy atom. The van der Waals surface area contributed by atoms with Crippen molar-refractivity contribution >= 4 is 17.7 Å². The van der Waals surface area contributed by atoms with Gasteiger partial charge in [0.15, 0.2) is 11.0 Å². The smallest absolute Gasteiger partial charge is 0.233 e. The zero-order valence-electron chi connectivity index (χ0n) is 18.2. The topological polar surface area (TPSA) is 54.3 Å². The van der Waals surface area contributed by atoms with Gasteiger partial charge in [-0.3, -0.25) is 9.69 Å². The van der Waals surface area contributed by atoms with Crippen LogP contribution in [0.5, 0.6) is 0 Å². The quantitative estimate of drug-likeness (QED) is 0.530. The Morgan fingerprint density at radius 3 is 2.48 bits per heavy atom. The lowest BCUT2D eigenvalue weighted by molar-refractivity contribution is -0.130. The zero-order valence-corrected chi connectivity index (χ0v) is 19.0. The van der Waals surface area contributed by atoms with Crippen molar-refractivity contribution in [1.82, 2.24) is 24.6 Å². The largest absolute Gasteiger partial charge is 0.339 e. The monoisotopic (exact) mass is 435 g/mol. The van der Waals surface area contributed by atoms with E-state index in [0.29, 0.717) is 5.75 Å². The summed E-state index contributed by atoms with van der Waals surface area (Å²) in [7, 11) is 0. The van der Waals surface area contributed by atoms with Gasteiger partial charge >= 0.3 is 0 Å². The molecule has 6 nitrogen and oxygen atoms in total. The van der Waals surface area contributed by atoms with Gasteiger partial charge in [-0.1, -0.05) is 65.9 Å². The predicted molar refractivity (Wildman–Crippen MR) is 125 cm³/mol. The molecule has 3 aromatic rings. The van der Waals surface area contributed by atoms with Crippen LogP contribution >= 0.6 is 11.8 Å². The van der Waals surface area contributed by atoms with Crippen LogP contribution in [-0.4, -0.2) is 62.4 Å². The number of thioether (sulfide) groups is 1. The third kappa shape index (κ3) is 5.35. The fourth-order valence-electron chi connectivity index (χ4n) is 3.89. The molecule has 1 aliphatic rings. The molecule has 0 atom stereocenters. The molecule has 2 heterocycles. The van der Waals surface area contributed by atoms with E-state index in [1.807, 2.05) is 17.0 Å². The van der Waals surface area contributed by atoms with Gasteiger partial charge in [0, 0.05) is 44.8 Å². The molecule has 7 heteroatoms. The van der Waals surface area contributed by atoms with Crippen LogP contribution in [0.25, 0.3) is 11.4 Å². The summed E-state index contributed by atoms with van der Waals surface area (Å²) >= 11 is 1.48. The van der Waals surface area contributed by atoms with Gasteiger partial charge in [-0.2, -0.15) is 0 Å². The number of benzene rings is 2. The SMILES string of the molecule is CCn1c(SCC(=O)N2CCN(Cc3ccccc3)CC2)nnc1-c1cccc(C)c1. The number of carbonyl (C=O) groups excluding carboxylic acids is 1. The maximum Gasteiger partial charge on any atom is 0.233 e. The van der Waals surface area contributed by atoms with E-state index in [9.17, 15) is 4.79 Å². The van der Waals surface area contributed by atoms with Crippen molar-refractivity contribution in [3.8, 4) is 11.4 Å². The second-order valence-corrected chi connectivity index (χ2v) is 8.79. The Labute approximate surface area is 188 Å². The maximum absolute atomic E-state index is 12.8. The van der Waals surface area contributed by atoms with Crippen molar-refractivity contribution < 1.29 is 4.79 Å². The number of hydrogen-bond donors (Lipinski definition) is 0. The molecule has 1 aliphatic heterocycles. The standard InChI is InChI=1S/C24H29N5OS/c1-3-29-23(21-11-7-8-19(2)16-21)25-26-24(29)31-18-22(30)28-14-12-27(13-15-28)17-20-9-5-4-6-10-20/h4-11,16H,3,12-15,17-18H2,1-2H3. The molecule has 0 bridgehead atoms. The van der Waals surface area contributed by atoms with E-state index in [1.165, 1.54) is 22.9 Å². The highest BCUT2D eigenvalue weighted by Gasteiger charge is 2.22. The highest BCUT2D eigenvalue weighted by atomic mass is 32.2. The van der Waals surface area contributed by atoms with E-state index < -0.39 is 0 Å². The first-order chi connectivity index (χ1) is 15.1. The van der Waals surface area contributed by atoms with Crippen LogP contribution in [-0.2, 0) is 17.9 Å². The van der Waals surface area contributed by atoms with Crippen LogP contribution in [0.15, 0.2) is 59.8 Å². The average Bonchev–Trinajstić information content (AvgIpc) is 3.21. The number of piperazine rings is 1. The van der Waals surface area contributed by atoms with Crippen LogP contribution in [0, 0.1) is 6.92 Å². The van der Waals surface area contributed by atoms with E-state index in [0.717, 1.165) is 55.8 Å². The molecule has 4 rings (SSSR count). The number of aryl methyl sites for hydroxylation is 1. The lowest BCUT2D eigenvalue weighted by Gasteiger charge is -2.34. The average molecular weight is 436 g/mol. The molecule has 1 saturated heterocycles. The summed E-state index contributed by atoms with van der Waals surface area (Å²) in [4.78, 5) is 17.2. The highest BCUT2D eigenvalue weighted by Crippen LogP contribution is 2.25. The van der Waals surface area contributed by atoms with Crippen molar-refractivity contribution in [3.05, 3.63) is 65.7 Å². The summed E-state index contributed by atoms with van der Waals surface area (Å²) in [5.41, 5.74) is 3.57.